The Labute approximate surface area is 116 Å². The first kappa shape index (κ1) is 14.4. The zero-order valence-electron chi connectivity index (χ0n) is 10.9. The van der Waals surface area contributed by atoms with Crippen LogP contribution in [0.4, 0.5) is 5.13 Å². The zero-order chi connectivity index (χ0) is 14.0. The first-order chi connectivity index (χ1) is 8.91. The van der Waals surface area contributed by atoms with Crippen molar-refractivity contribution in [3.8, 4) is 0 Å². The molecule has 1 aromatic rings. The molecule has 6 nitrogen and oxygen atoms in total. The van der Waals surface area contributed by atoms with Crippen molar-refractivity contribution in [1.29, 1.82) is 0 Å². The number of hydrogen-bond donors (Lipinski definition) is 1. The van der Waals surface area contributed by atoms with Crippen molar-refractivity contribution in [2.45, 2.75) is 42.9 Å². The topological polar surface area (TPSA) is 79.4 Å². The van der Waals surface area contributed by atoms with Crippen molar-refractivity contribution in [2.75, 3.05) is 12.4 Å². The van der Waals surface area contributed by atoms with Crippen LogP contribution in [0.25, 0.3) is 0 Å². The van der Waals surface area contributed by atoms with Crippen LogP contribution in [-0.2, 0) is 14.8 Å². The van der Waals surface area contributed by atoms with Gasteiger partial charge in [-0.25, -0.2) is 13.4 Å². The number of amides is 1. The van der Waals surface area contributed by atoms with Crippen LogP contribution in [0.5, 0.6) is 0 Å². The van der Waals surface area contributed by atoms with E-state index >= 15 is 0 Å². The predicted molar refractivity (Wildman–Crippen MR) is 73.6 cm³/mol. The maximum Gasteiger partial charge on any atom is 0.254 e. The summed E-state index contributed by atoms with van der Waals surface area (Å²) in [5, 5.41) is 2.80. The second kappa shape index (κ2) is 5.56. The third-order valence-corrected chi connectivity index (χ3v) is 6.50. The Morgan fingerprint density at radius 1 is 1.47 bits per heavy atom. The van der Waals surface area contributed by atoms with E-state index in [2.05, 4.69) is 10.3 Å². The van der Waals surface area contributed by atoms with E-state index in [0.29, 0.717) is 5.13 Å². The van der Waals surface area contributed by atoms with Crippen molar-refractivity contribution in [1.82, 2.24) is 9.29 Å². The fourth-order valence-corrected chi connectivity index (χ4v) is 4.87. The minimum absolute atomic E-state index is 0.0799. The maximum atomic E-state index is 12.4. The first-order valence-electron chi connectivity index (χ1n) is 6.12. The van der Waals surface area contributed by atoms with Gasteiger partial charge in [-0.3, -0.25) is 4.79 Å². The SMILES string of the molecule is CC(=O)Nc1ncc(S(=O)(=O)N(C)C2CCCC2)s1. The van der Waals surface area contributed by atoms with Crippen molar-refractivity contribution in [2.24, 2.45) is 0 Å². The molecule has 0 radical (unpaired) electrons. The lowest BCUT2D eigenvalue weighted by molar-refractivity contribution is -0.114. The Bertz CT molecular complexity index is 561. The second-order valence-electron chi connectivity index (χ2n) is 4.63. The molecule has 0 bridgehead atoms. The lowest BCUT2D eigenvalue weighted by atomic mass is 10.3. The summed E-state index contributed by atoms with van der Waals surface area (Å²) >= 11 is 0.983. The van der Waals surface area contributed by atoms with E-state index < -0.39 is 10.0 Å². The highest BCUT2D eigenvalue weighted by atomic mass is 32.2. The molecular formula is C11H17N3O3S2. The van der Waals surface area contributed by atoms with Gasteiger partial charge in [-0.15, -0.1) is 0 Å². The minimum Gasteiger partial charge on any atom is -0.302 e. The van der Waals surface area contributed by atoms with Crippen LogP contribution in [-0.4, -0.2) is 36.7 Å². The normalized spacial score (nSPS) is 17.0. The molecule has 1 saturated carbocycles. The number of anilines is 1. The molecule has 1 heterocycles. The number of carbonyl (C=O) groups is 1. The van der Waals surface area contributed by atoms with Gasteiger partial charge >= 0.3 is 0 Å². The van der Waals surface area contributed by atoms with Crippen LogP contribution in [0.1, 0.15) is 32.6 Å². The van der Waals surface area contributed by atoms with E-state index in [4.69, 9.17) is 0 Å². The molecule has 19 heavy (non-hydrogen) atoms. The van der Waals surface area contributed by atoms with Gasteiger partial charge in [-0.05, 0) is 12.8 Å². The standard InChI is InChI=1S/C11H17N3O3S2/c1-8(15)13-11-12-7-10(18-11)19(16,17)14(2)9-5-3-4-6-9/h7,9H,3-6H2,1-2H3,(H,12,13,15). The van der Waals surface area contributed by atoms with Gasteiger partial charge in [0.15, 0.2) is 9.34 Å². The Kier molecular flexibility index (Phi) is 4.22. The van der Waals surface area contributed by atoms with Gasteiger partial charge in [0, 0.05) is 20.0 Å². The molecule has 0 unspecified atom stereocenters. The van der Waals surface area contributed by atoms with E-state index in [1.54, 1.807) is 7.05 Å². The Balaban J connectivity index is 2.18. The Morgan fingerprint density at radius 3 is 2.68 bits per heavy atom. The van der Waals surface area contributed by atoms with Crippen LogP contribution in [0.2, 0.25) is 0 Å². The van der Waals surface area contributed by atoms with E-state index in [1.807, 2.05) is 0 Å². The number of nitrogens with one attached hydrogen (secondary N) is 1. The molecule has 1 aliphatic carbocycles. The summed E-state index contributed by atoms with van der Waals surface area (Å²) in [6, 6.07) is 0.0799. The van der Waals surface area contributed by atoms with Gasteiger partial charge in [-0.2, -0.15) is 4.31 Å². The highest BCUT2D eigenvalue weighted by Gasteiger charge is 2.31. The fraction of sp³-hybridized carbons (Fsp3) is 0.636. The molecule has 0 aliphatic heterocycles. The fourth-order valence-electron chi connectivity index (χ4n) is 2.19. The molecule has 0 saturated heterocycles. The average Bonchev–Trinajstić information content (AvgIpc) is 2.96. The van der Waals surface area contributed by atoms with E-state index in [0.717, 1.165) is 37.0 Å². The van der Waals surface area contributed by atoms with Crippen LogP contribution in [0.15, 0.2) is 10.4 Å². The number of aromatic nitrogens is 1. The highest BCUT2D eigenvalue weighted by molar-refractivity contribution is 7.91. The number of sulfonamides is 1. The van der Waals surface area contributed by atoms with Crippen LogP contribution in [0.3, 0.4) is 0 Å². The number of thiazole rings is 1. The molecule has 1 aliphatic rings. The summed E-state index contributed by atoms with van der Waals surface area (Å²) in [4.78, 5) is 14.8. The van der Waals surface area contributed by atoms with Gasteiger partial charge in [0.2, 0.25) is 5.91 Å². The summed E-state index contributed by atoms with van der Waals surface area (Å²) in [5.41, 5.74) is 0. The number of nitrogens with zero attached hydrogens (tertiary/aromatic N) is 2. The highest BCUT2D eigenvalue weighted by Crippen LogP contribution is 2.30. The molecule has 0 aromatic carbocycles. The van der Waals surface area contributed by atoms with Gasteiger partial charge in [0.1, 0.15) is 0 Å². The molecule has 2 rings (SSSR count). The van der Waals surface area contributed by atoms with Crippen molar-refractivity contribution < 1.29 is 13.2 Å². The van der Waals surface area contributed by atoms with Crippen molar-refractivity contribution in [3.63, 3.8) is 0 Å². The lowest BCUT2D eigenvalue weighted by Crippen LogP contribution is -2.34. The van der Waals surface area contributed by atoms with Gasteiger partial charge < -0.3 is 5.32 Å². The Hall–Kier alpha value is -0.990. The summed E-state index contributed by atoms with van der Waals surface area (Å²) in [6.45, 7) is 1.36. The summed E-state index contributed by atoms with van der Waals surface area (Å²) in [5.74, 6) is -0.262. The molecule has 0 spiro atoms. The number of hydrogen-bond acceptors (Lipinski definition) is 5. The van der Waals surface area contributed by atoms with Gasteiger partial charge in [0.25, 0.3) is 10.0 Å². The van der Waals surface area contributed by atoms with Crippen LogP contribution < -0.4 is 5.32 Å². The monoisotopic (exact) mass is 303 g/mol. The summed E-state index contributed by atoms with van der Waals surface area (Å²) < 4.78 is 26.4. The third kappa shape index (κ3) is 3.13. The summed E-state index contributed by atoms with van der Waals surface area (Å²) in [7, 11) is -1.89. The molecule has 0 atom stereocenters. The molecule has 8 heteroatoms. The van der Waals surface area contributed by atoms with Crippen LogP contribution >= 0.6 is 11.3 Å². The van der Waals surface area contributed by atoms with Gasteiger partial charge in [0.05, 0.1) is 6.20 Å². The molecule has 1 fully saturated rings. The number of rotatable bonds is 4. The largest absolute Gasteiger partial charge is 0.302 e. The third-order valence-electron chi connectivity index (χ3n) is 3.24. The first-order valence-corrected chi connectivity index (χ1v) is 8.38. The van der Waals surface area contributed by atoms with Crippen molar-refractivity contribution >= 4 is 32.4 Å². The molecular weight excluding hydrogens is 286 g/mol. The number of carbonyl (C=O) groups excluding carboxylic acids is 1. The minimum atomic E-state index is -3.50. The Morgan fingerprint density at radius 2 is 2.11 bits per heavy atom. The lowest BCUT2D eigenvalue weighted by Gasteiger charge is -2.22. The quantitative estimate of drug-likeness (QED) is 0.917. The predicted octanol–water partition coefficient (Wildman–Crippen LogP) is 1.66. The van der Waals surface area contributed by atoms with Crippen molar-refractivity contribution in [3.05, 3.63) is 6.20 Å². The van der Waals surface area contributed by atoms with Gasteiger partial charge in [-0.1, -0.05) is 24.2 Å². The smallest absolute Gasteiger partial charge is 0.254 e. The van der Waals surface area contributed by atoms with E-state index in [1.165, 1.54) is 17.4 Å². The van der Waals surface area contributed by atoms with E-state index in [9.17, 15) is 13.2 Å². The zero-order valence-corrected chi connectivity index (χ0v) is 12.6. The maximum absolute atomic E-state index is 12.4. The molecule has 106 valence electrons. The molecule has 1 N–H and O–H groups in total. The molecule has 1 aromatic heterocycles. The second-order valence-corrected chi connectivity index (χ2v) is 7.88. The summed E-state index contributed by atoms with van der Waals surface area (Å²) in [6.07, 6.45) is 5.27. The van der Waals surface area contributed by atoms with E-state index in [-0.39, 0.29) is 16.2 Å². The van der Waals surface area contributed by atoms with Crippen LogP contribution in [0, 0.1) is 0 Å². The average molecular weight is 303 g/mol. The molecule has 1 amide bonds.